The molecule has 9 heteroatoms. The number of hydrogen-bond acceptors (Lipinski definition) is 6. The van der Waals surface area contributed by atoms with Gasteiger partial charge in [-0.1, -0.05) is 18.2 Å². The molecule has 1 atom stereocenters. The number of benzene rings is 1. The topological polar surface area (TPSA) is 111 Å². The van der Waals surface area contributed by atoms with Crippen LogP contribution in [0.25, 0.3) is 0 Å². The Hall–Kier alpha value is -2.68. The van der Waals surface area contributed by atoms with E-state index in [0.717, 1.165) is 6.07 Å². The van der Waals surface area contributed by atoms with Crippen molar-refractivity contribution in [2.75, 3.05) is 13.1 Å². The van der Waals surface area contributed by atoms with E-state index >= 15 is 0 Å². The Morgan fingerprint density at radius 3 is 2.54 bits per heavy atom. The summed E-state index contributed by atoms with van der Waals surface area (Å²) in [6.07, 6.45) is 0.311. The molecule has 126 valence electrons. The van der Waals surface area contributed by atoms with Crippen molar-refractivity contribution in [3.8, 4) is 0 Å². The lowest BCUT2D eigenvalue weighted by Crippen LogP contribution is -2.31. The smallest absolute Gasteiger partial charge is 0.395 e. The third-order valence-corrected chi connectivity index (χ3v) is 6.12. The SMILES string of the molecule is O=C(c1ccc([N+](=O)[O-])o1)N1CCC(S(=O)(=O)c2ccccc2)C1. The van der Waals surface area contributed by atoms with E-state index in [-0.39, 0.29) is 23.7 Å². The number of carbonyl (C=O) groups excluding carboxylic acids is 1. The average molecular weight is 350 g/mol. The number of rotatable bonds is 4. The van der Waals surface area contributed by atoms with E-state index in [4.69, 9.17) is 4.42 Å². The lowest BCUT2D eigenvalue weighted by atomic mass is 10.4. The Kier molecular flexibility index (Phi) is 4.10. The molecule has 1 unspecified atom stereocenters. The second-order valence-corrected chi connectivity index (χ2v) is 7.64. The minimum absolute atomic E-state index is 0.0323. The monoisotopic (exact) mass is 350 g/mol. The van der Waals surface area contributed by atoms with E-state index in [2.05, 4.69) is 0 Å². The van der Waals surface area contributed by atoms with Crippen molar-refractivity contribution in [2.45, 2.75) is 16.6 Å². The van der Waals surface area contributed by atoms with Crippen LogP contribution in [0, 0.1) is 10.1 Å². The van der Waals surface area contributed by atoms with Crippen LogP contribution in [0.5, 0.6) is 0 Å². The number of amides is 1. The standard InChI is InChI=1S/C15H14N2O6S/c18-15(13-6-7-14(23-13)17(19)20)16-9-8-12(10-16)24(21,22)11-4-2-1-3-5-11/h1-7,12H,8-10H2. The molecule has 0 aliphatic carbocycles. The molecule has 2 heterocycles. The average Bonchev–Trinajstić information content (AvgIpc) is 3.25. The molecule has 1 aliphatic heterocycles. The van der Waals surface area contributed by atoms with E-state index in [9.17, 15) is 23.3 Å². The predicted octanol–water partition coefficient (Wildman–Crippen LogP) is 1.88. The van der Waals surface area contributed by atoms with Gasteiger partial charge in [-0.15, -0.1) is 0 Å². The van der Waals surface area contributed by atoms with Crippen LogP contribution in [0.3, 0.4) is 0 Å². The molecule has 2 aromatic rings. The summed E-state index contributed by atoms with van der Waals surface area (Å²) in [6, 6.07) is 10.4. The van der Waals surface area contributed by atoms with Gasteiger partial charge in [0.1, 0.15) is 4.92 Å². The fourth-order valence-corrected chi connectivity index (χ4v) is 4.38. The summed E-state index contributed by atoms with van der Waals surface area (Å²) in [7, 11) is -3.53. The number of carbonyl (C=O) groups is 1. The second kappa shape index (κ2) is 6.08. The molecule has 0 spiro atoms. The zero-order valence-electron chi connectivity index (χ0n) is 12.5. The Balaban J connectivity index is 1.75. The van der Waals surface area contributed by atoms with Crippen LogP contribution in [0.4, 0.5) is 5.88 Å². The first kappa shape index (κ1) is 16.2. The Morgan fingerprint density at radius 1 is 1.21 bits per heavy atom. The molecule has 0 saturated carbocycles. The highest BCUT2D eigenvalue weighted by molar-refractivity contribution is 7.92. The van der Waals surface area contributed by atoms with Gasteiger partial charge < -0.3 is 9.32 Å². The van der Waals surface area contributed by atoms with Gasteiger partial charge in [-0.25, -0.2) is 8.42 Å². The number of nitro groups is 1. The van der Waals surface area contributed by atoms with Crippen molar-refractivity contribution >= 4 is 21.6 Å². The zero-order chi connectivity index (χ0) is 17.3. The molecule has 1 saturated heterocycles. The van der Waals surface area contributed by atoms with E-state index in [1.54, 1.807) is 18.2 Å². The number of furan rings is 1. The summed E-state index contributed by atoms with van der Waals surface area (Å²) in [5, 5.41) is 9.91. The van der Waals surface area contributed by atoms with Gasteiger partial charge in [-0.2, -0.15) is 0 Å². The van der Waals surface area contributed by atoms with Gasteiger partial charge >= 0.3 is 5.88 Å². The highest BCUT2D eigenvalue weighted by Crippen LogP contribution is 2.26. The lowest BCUT2D eigenvalue weighted by molar-refractivity contribution is -0.402. The Labute approximate surface area is 137 Å². The van der Waals surface area contributed by atoms with Crippen molar-refractivity contribution in [1.82, 2.24) is 4.90 Å². The number of likely N-dealkylation sites (tertiary alicyclic amines) is 1. The number of nitrogens with zero attached hydrogens (tertiary/aromatic N) is 2. The van der Waals surface area contributed by atoms with E-state index in [1.165, 1.54) is 23.1 Å². The predicted molar refractivity (Wildman–Crippen MR) is 83.3 cm³/mol. The second-order valence-electron chi connectivity index (χ2n) is 5.41. The first-order valence-electron chi connectivity index (χ1n) is 7.22. The maximum absolute atomic E-state index is 12.6. The molecular weight excluding hydrogens is 336 g/mol. The van der Waals surface area contributed by atoms with Crippen LogP contribution in [0.15, 0.2) is 51.8 Å². The molecule has 8 nitrogen and oxygen atoms in total. The quantitative estimate of drug-likeness (QED) is 0.615. The molecule has 24 heavy (non-hydrogen) atoms. The van der Waals surface area contributed by atoms with Crippen LogP contribution >= 0.6 is 0 Å². The molecule has 1 amide bonds. The summed E-state index contributed by atoms with van der Waals surface area (Å²) >= 11 is 0. The molecule has 1 fully saturated rings. The summed E-state index contributed by atoms with van der Waals surface area (Å²) in [5.41, 5.74) is 0. The van der Waals surface area contributed by atoms with Crippen molar-refractivity contribution in [1.29, 1.82) is 0 Å². The minimum Gasteiger partial charge on any atom is -0.395 e. The van der Waals surface area contributed by atoms with Crippen LogP contribution in [-0.2, 0) is 9.84 Å². The first-order valence-corrected chi connectivity index (χ1v) is 8.76. The normalized spacial score (nSPS) is 17.8. The van der Waals surface area contributed by atoms with Crippen molar-refractivity contribution in [2.24, 2.45) is 0 Å². The largest absolute Gasteiger partial charge is 0.433 e. The van der Waals surface area contributed by atoms with Crippen LogP contribution < -0.4 is 0 Å². The van der Waals surface area contributed by atoms with Gasteiger partial charge in [0.25, 0.3) is 5.91 Å². The Bertz CT molecular complexity index is 874. The zero-order valence-corrected chi connectivity index (χ0v) is 13.3. The van der Waals surface area contributed by atoms with Crippen LogP contribution in [0.2, 0.25) is 0 Å². The summed E-state index contributed by atoms with van der Waals surface area (Å²) in [6.45, 7) is 0.286. The minimum atomic E-state index is -3.53. The molecule has 3 rings (SSSR count). The van der Waals surface area contributed by atoms with Crippen molar-refractivity contribution in [3.05, 3.63) is 58.3 Å². The third kappa shape index (κ3) is 2.90. The van der Waals surface area contributed by atoms with Crippen LogP contribution in [0.1, 0.15) is 17.0 Å². The van der Waals surface area contributed by atoms with Gasteiger partial charge in [0, 0.05) is 13.1 Å². The van der Waals surface area contributed by atoms with Gasteiger partial charge in [0.2, 0.25) is 0 Å². The molecule has 0 radical (unpaired) electrons. The third-order valence-electron chi connectivity index (χ3n) is 3.93. The maximum atomic E-state index is 12.6. The van der Waals surface area contributed by atoms with Gasteiger partial charge in [0.05, 0.1) is 16.2 Å². The number of sulfone groups is 1. The fourth-order valence-electron chi connectivity index (χ4n) is 2.67. The fraction of sp³-hybridized carbons (Fsp3) is 0.267. The molecule has 1 aliphatic rings. The van der Waals surface area contributed by atoms with Crippen LogP contribution in [-0.4, -0.2) is 42.5 Å². The van der Waals surface area contributed by atoms with E-state index < -0.39 is 31.8 Å². The van der Waals surface area contributed by atoms with E-state index in [1.807, 2.05) is 0 Å². The summed E-state index contributed by atoms with van der Waals surface area (Å²) in [5.74, 6) is -1.24. The van der Waals surface area contributed by atoms with Crippen molar-refractivity contribution in [3.63, 3.8) is 0 Å². The number of hydrogen-bond donors (Lipinski definition) is 0. The highest BCUT2D eigenvalue weighted by atomic mass is 32.2. The van der Waals surface area contributed by atoms with Gasteiger partial charge in [-0.3, -0.25) is 14.9 Å². The van der Waals surface area contributed by atoms with Crippen molar-refractivity contribution < 1.29 is 22.6 Å². The molecule has 0 bridgehead atoms. The molecular formula is C15H14N2O6S. The highest BCUT2D eigenvalue weighted by Gasteiger charge is 2.37. The molecule has 0 N–H and O–H groups in total. The van der Waals surface area contributed by atoms with E-state index in [0.29, 0.717) is 6.42 Å². The lowest BCUT2D eigenvalue weighted by Gasteiger charge is -2.15. The van der Waals surface area contributed by atoms with Gasteiger partial charge in [0.15, 0.2) is 15.6 Å². The maximum Gasteiger partial charge on any atom is 0.433 e. The molecule has 1 aromatic carbocycles. The summed E-state index contributed by atoms with van der Waals surface area (Å²) < 4.78 is 30.0. The molecule has 1 aromatic heterocycles. The van der Waals surface area contributed by atoms with Gasteiger partial charge in [-0.05, 0) is 24.6 Å². The summed E-state index contributed by atoms with van der Waals surface area (Å²) in [4.78, 5) is 23.7. The Morgan fingerprint density at radius 2 is 1.92 bits per heavy atom. The first-order chi connectivity index (χ1) is 11.4.